The molecule has 1 aliphatic rings. The van der Waals surface area contributed by atoms with Gasteiger partial charge < -0.3 is 10.1 Å². The number of halogens is 2. The molecular weight excluding hydrogens is 367 g/mol. The molecule has 0 heterocycles. The molecule has 1 aromatic rings. The number of amides is 3. The first-order chi connectivity index (χ1) is 11.9. The Bertz CT molecular complexity index is 666. The number of rotatable bonds is 4. The molecule has 8 heteroatoms. The maximum atomic E-state index is 11.9. The number of nitrogens with one attached hydrogen (secondary N) is 2. The molecule has 0 aromatic heterocycles. The second-order valence-electron chi connectivity index (χ2n) is 6.07. The number of esters is 1. The van der Waals surface area contributed by atoms with Crippen LogP contribution in [0.1, 0.15) is 43.0 Å². The summed E-state index contributed by atoms with van der Waals surface area (Å²) in [7, 11) is 0. The van der Waals surface area contributed by atoms with Gasteiger partial charge >= 0.3 is 12.0 Å². The lowest BCUT2D eigenvalue weighted by molar-refractivity contribution is -0.123. The van der Waals surface area contributed by atoms with Gasteiger partial charge in [-0.2, -0.15) is 0 Å². The Morgan fingerprint density at radius 1 is 1.20 bits per heavy atom. The molecular formula is C17H20Cl2N2O4. The summed E-state index contributed by atoms with van der Waals surface area (Å²) < 4.78 is 4.86. The number of imide groups is 1. The van der Waals surface area contributed by atoms with E-state index in [0.717, 1.165) is 25.7 Å². The number of carbonyl (C=O) groups is 3. The predicted octanol–water partition coefficient (Wildman–Crippen LogP) is 3.55. The quantitative estimate of drug-likeness (QED) is 0.774. The van der Waals surface area contributed by atoms with Crippen LogP contribution < -0.4 is 10.6 Å². The Labute approximate surface area is 156 Å². The molecule has 0 bridgehead atoms. The van der Waals surface area contributed by atoms with Crippen LogP contribution in [0.4, 0.5) is 4.79 Å². The fraction of sp³-hybridized carbons (Fsp3) is 0.471. The summed E-state index contributed by atoms with van der Waals surface area (Å²) in [5, 5.41) is 5.20. The maximum absolute atomic E-state index is 11.9. The fourth-order valence-electron chi connectivity index (χ4n) is 2.77. The van der Waals surface area contributed by atoms with Crippen LogP contribution in [0.5, 0.6) is 0 Å². The van der Waals surface area contributed by atoms with E-state index in [1.807, 2.05) is 0 Å². The Hall–Kier alpha value is -1.79. The van der Waals surface area contributed by atoms with Gasteiger partial charge in [-0.3, -0.25) is 10.1 Å². The lowest BCUT2D eigenvalue weighted by Crippen LogP contribution is -2.48. The maximum Gasteiger partial charge on any atom is 0.340 e. The van der Waals surface area contributed by atoms with Crippen LogP contribution in [0.2, 0.25) is 10.0 Å². The number of hydrogen-bond donors (Lipinski definition) is 2. The highest BCUT2D eigenvalue weighted by atomic mass is 35.5. The van der Waals surface area contributed by atoms with Crippen molar-refractivity contribution in [2.24, 2.45) is 5.92 Å². The molecule has 0 aliphatic heterocycles. The van der Waals surface area contributed by atoms with Crippen molar-refractivity contribution in [3.63, 3.8) is 0 Å². The van der Waals surface area contributed by atoms with E-state index in [0.29, 0.717) is 5.92 Å². The van der Waals surface area contributed by atoms with Crippen LogP contribution in [-0.4, -0.2) is 30.6 Å². The summed E-state index contributed by atoms with van der Waals surface area (Å²) in [6, 6.07) is 3.98. The van der Waals surface area contributed by atoms with Crippen molar-refractivity contribution < 1.29 is 19.1 Å². The lowest BCUT2D eigenvalue weighted by Gasteiger charge is -2.29. The van der Waals surface area contributed by atoms with Crippen molar-refractivity contribution >= 4 is 41.1 Å². The molecule has 2 N–H and O–H groups in total. The second kappa shape index (κ2) is 9.06. The van der Waals surface area contributed by atoms with Crippen molar-refractivity contribution in [3.8, 4) is 0 Å². The van der Waals surface area contributed by atoms with Gasteiger partial charge in [0.1, 0.15) is 0 Å². The monoisotopic (exact) mass is 386 g/mol. The van der Waals surface area contributed by atoms with Crippen molar-refractivity contribution in [2.75, 3.05) is 6.61 Å². The van der Waals surface area contributed by atoms with Gasteiger partial charge in [-0.25, -0.2) is 9.59 Å². The minimum Gasteiger partial charge on any atom is -0.452 e. The van der Waals surface area contributed by atoms with Gasteiger partial charge in [0, 0.05) is 6.04 Å². The van der Waals surface area contributed by atoms with Gasteiger partial charge in [0.15, 0.2) is 6.61 Å². The first-order valence-electron chi connectivity index (χ1n) is 8.10. The van der Waals surface area contributed by atoms with Crippen LogP contribution in [-0.2, 0) is 9.53 Å². The normalized spacial score (nSPS) is 19.8. The first-order valence-corrected chi connectivity index (χ1v) is 8.85. The van der Waals surface area contributed by atoms with E-state index in [4.69, 9.17) is 27.9 Å². The van der Waals surface area contributed by atoms with Crippen molar-refractivity contribution in [3.05, 3.63) is 33.8 Å². The average Bonchev–Trinajstić information content (AvgIpc) is 2.57. The van der Waals surface area contributed by atoms with Gasteiger partial charge in [0.25, 0.3) is 5.91 Å². The van der Waals surface area contributed by atoms with Crippen LogP contribution in [0.25, 0.3) is 0 Å². The Morgan fingerprint density at radius 3 is 2.64 bits per heavy atom. The van der Waals surface area contributed by atoms with Crippen LogP contribution in [0.15, 0.2) is 18.2 Å². The summed E-state index contributed by atoms with van der Waals surface area (Å²) in [6.45, 7) is 1.48. The average molecular weight is 387 g/mol. The standard InChI is InChI=1S/C17H20Cl2N2O4/c1-10-5-2-3-8-13(10)20-17(24)21-14(22)9-25-16(23)11-6-4-7-12(18)15(11)19/h4,6-7,10,13H,2-3,5,8-9H2,1H3,(H2,20,21,22,24)/t10-,13+/m0/s1. The topological polar surface area (TPSA) is 84.5 Å². The van der Waals surface area contributed by atoms with Crippen molar-refractivity contribution in [1.29, 1.82) is 0 Å². The summed E-state index contributed by atoms with van der Waals surface area (Å²) in [4.78, 5) is 35.5. The van der Waals surface area contributed by atoms with E-state index in [1.165, 1.54) is 12.1 Å². The van der Waals surface area contributed by atoms with Gasteiger partial charge in [-0.1, -0.05) is 49.0 Å². The number of benzene rings is 1. The Balaban J connectivity index is 1.79. The van der Waals surface area contributed by atoms with Crippen molar-refractivity contribution in [2.45, 2.75) is 38.6 Å². The molecule has 2 rings (SSSR count). The van der Waals surface area contributed by atoms with E-state index < -0.39 is 24.5 Å². The SMILES string of the molecule is C[C@H]1CCCC[C@H]1NC(=O)NC(=O)COC(=O)c1cccc(Cl)c1Cl. The molecule has 1 aromatic carbocycles. The zero-order valence-electron chi connectivity index (χ0n) is 13.8. The molecule has 2 atom stereocenters. The molecule has 6 nitrogen and oxygen atoms in total. The number of urea groups is 1. The summed E-state index contributed by atoms with van der Waals surface area (Å²) in [6.07, 6.45) is 4.16. The van der Waals surface area contributed by atoms with E-state index in [-0.39, 0.29) is 21.7 Å². The molecule has 1 aliphatic carbocycles. The number of ether oxygens (including phenoxy) is 1. The molecule has 0 unspecified atom stereocenters. The second-order valence-corrected chi connectivity index (χ2v) is 6.85. The smallest absolute Gasteiger partial charge is 0.340 e. The molecule has 1 saturated carbocycles. The predicted molar refractivity (Wildman–Crippen MR) is 94.8 cm³/mol. The van der Waals surface area contributed by atoms with E-state index in [2.05, 4.69) is 17.6 Å². The molecule has 1 fully saturated rings. The zero-order valence-corrected chi connectivity index (χ0v) is 15.3. The third-order valence-electron chi connectivity index (χ3n) is 4.19. The molecule has 3 amide bonds. The number of hydrogen-bond acceptors (Lipinski definition) is 4. The van der Waals surface area contributed by atoms with Crippen LogP contribution in [0.3, 0.4) is 0 Å². The molecule has 0 radical (unpaired) electrons. The van der Waals surface area contributed by atoms with E-state index >= 15 is 0 Å². The first kappa shape index (κ1) is 19.5. The van der Waals surface area contributed by atoms with Gasteiger partial charge in [-0.15, -0.1) is 0 Å². The third kappa shape index (κ3) is 5.61. The van der Waals surface area contributed by atoms with Crippen LogP contribution in [0, 0.1) is 5.92 Å². The highest BCUT2D eigenvalue weighted by Crippen LogP contribution is 2.26. The fourth-order valence-corrected chi connectivity index (χ4v) is 3.15. The molecule has 0 saturated heterocycles. The highest BCUT2D eigenvalue weighted by Gasteiger charge is 2.23. The highest BCUT2D eigenvalue weighted by molar-refractivity contribution is 6.43. The van der Waals surface area contributed by atoms with Crippen molar-refractivity contribution in [1.82, 2.24) is 10.6 Å². The largest absolute Gasteiger partial charge is 0.452 e. The number of carbonyl (C=O) groups excluding carboxylic acids is 3. The summed E-state index contributed by atoms with van der Waals surface area (Å²) in [5.41, 5.74) is 0.0578. The zero-order chi connectivity index (χ0) is 18.4. The summed E-state index contributed by atoms with van der Waals surface area (Å²) in [5.74, 6) is -1.13. The molecule has 136 valence electrons. The van der Waals surface area contributed by atoms with E-state index in [1.54, 1.807) is 6.07 Å². The van der Waals surface area contributed by atoms with Gasteiger partial charge in [0.05, 0.1) is 15.6 Å². The molecule has 25 heavy (non-hydrogen) atoms. The van der Waals surface area contributed by atoms with Gasteiger partial charge in [-0.05, 0) is 30.9 Å². The van der Waals surface area contributed by atoms with Crippen LogP contribution >= 0.6 is 23.2 Å². The van der Waals surface area contributed by atoms with E-state index in [9.17, 15) is 14.4 Å². The third-order valence-corrected chi connectivity index (χ3v) is 5.01. The summed E-state index contributed by atoms with van der Waals surface area (Å²) >= 11 is 11.7. The molecule has 0 spiro atoms. The van der Waals surface area contributed by atoms with Gasteiger partial charge in [0.2, 0.25) is 0 Å². The Kier molecular flexibility index (Phi) is 7.08. The lowest BCUT2D eigenvalue weighted by atomic mass is 9.86. The Morgan fingerprint density at radius 2 is 1.92 bits per heavy atom. The minimum absolute atomic E-state index is 0.0503. The minimum atomic E-state index is -0.788.